The molecule has 108 valence electrons. The average molecular weight is 318 g/mol. The number of hydrogen-bond donors (Lipinski definition) is 1. The number of nitrogens with one attached hydrogen (secondary N) is 1. The fourth-order valence-electron chi connectivity index (χ4n) is 2.26. The van der Waals surface area contributed by atoms with Gasteiger partial charge in [0.2, 0.25) is 0 Å². The van der Waals surface area contributed by atoms with E-state index in [9.17, 15) is 0 Å². The van der Waals surface area contributed by atoms with Crippen molar-refractivity contribution in [2.75, 3.05) is 7.05 Å². The topological polar surface area (TPSA) is 21.3 Å². The Hall–Kier alpha value is -1.55. The van der Waals surface area contributed by atoms with E-state index in [1.54, 1.807) is 11.3 Å². The summed E-state index contributed by atoms with van der Waals surface area (Å²) in [6, 6.07) is 16.3. The highest BCUT2D eigenvalue weighted by Gasteiger charge is 2.10. The van der Waals surface area contributed by atoms with Gasteiger partial charge in [-0.25, -0.2) is 0 Å². The van der Waals surface area contributed by atoms with Crippen molar-refractivity contribution in [3.63, 3.8) is 0 Å². The van der Waals surface area contributed by atoms with Gasteiger partial charge in [-0.2, -0.15) is 0 Å². The minimum atomic E-state index is 0.501. The zero-order valence-corrected chi connectivity index (χ0v) is 13.3. The molecule has 0 saturated heterocycles. The van der Waals surface area contributed by atoms with Crippen molar-refractivity contribution in [2.45, 2.75) is 13.2 Å². The molecule has 0 atom stereocenters. The molecule has 1 heterocycles. The molecular formula is C17H16ClNOS. The lowest BCUT2D eigenvalue weighted by molar-refractivity contribution is 0.309. The van der Waals surface area contributed by atoms with Crippen LogP contribution in [0.15, 0.2) is 48.5 Å². The summed E-state index contributed by atoms with van der Waals surface area (Å²) in [5.41, 5.74) is 1.21. The minimum absolute atomic E-state index is 0.501. The normalized spacial score (nSPS) is 11.0. The van der Waals surface area contributed by atoms with Crippen LogP contribution >= 0.6 is 22.9 Å². The van der Waals surface area contributed by atoms with E-state index >= 15 is 0 Å². The van der Waals surface area contributed by atoms with Crippen molar-refractivity contribution >= 4 is 33.0 Å². The number of hydrogen-bond acceptors (Lipinski definition) is 3. The third-order valence-electron chi connectivity index (χ3n) is 3.25. The van der Waals surface area contributed by atoms with Crippen LogP contribution in [0.25, 0.3) is 10.1 Å². The monoisotopic (exact) mass is 317 g/mol. The fourth-order valence-corrected chi connectivity index (χ4v) is 3.66. The van der Waals surface area contributed by atoms with Crippen molar-refractivity contribution in [3.05, 3.63) is 64.0 Å². The highest BCUT2D eigenvalue weighted by molar-refractivity contribution is 7.19. The summed E-state index contributed by atoms with van der Waals surface area (Å²) < 4.78 is 7.09. The number of ether oxygens (including phenoxy) is 1. The van der Waals surface area contributed by atoms with Crippen LogP contribution in [-0.4, -0.2) is 7.05 Å². The van der Waals surface area contributed by atoms with Gasteiger partial charge in [0.25, 0.3) is 0 Å². The Morgan fingerprint density at radius 2 is 2.00 bits per heavy atom. The van der Waals surface area contributed by atoms with Crippen LogP contribution in [0.3, 0.4) is 0 Å². The quantitative estimate of drug-likeness (QED) is 0.726. The number of halogens is 1. The van der Waals surface area contributed by atoms with Crippen molar-refractivity contribution < 1.29 is 4.74 Å². The molecule has 3 aromatic rings. The van der Waals surface area contributed by atoms with E-state index in [1.165, 1.54) is 10.3 Å². The molecule has 0 spiro atoms. The van der Waals surface area contributed by atoms with E-state index in [4.69, 9.17) is 16.3 Å². The summed E-state index contributed by atoms with van der Waals surface area (Å²) in [6.07, 6.45) is 0. The van der Waals surface area contributed by atoms with E-state index in [0.717, 1.165) is 27.6 Å². The summed E-state index contributed by atoms with van der Waals surface area (Å²) in [5, 5.41) is 5.05. The van der Waals surface area contributed by atoms with Crippen molar-refractivity contribution in [2.24, 2.45) is 0 Å². The van der Waals surface area contributed by atoms with E-state index < -0.39 is 0 Å². The first-order valence-corrected chi connectivity index (χ1v) is 7.99. The molecule has 1 N–H and O–H groups in total. The molecule has 3 rings (SSSR count). The highest BCUT2D eigenvalue weighted by atomic mass is 35.5. The Morgan fingerprint density at radius 1 is 1.14 bits per heavy atom. The lowest BCUT2D eigenvalue weighted by atomic mass is 10.2. The van der Waals surface area contributed by atoms with E-state index in [1.807, 2.05) is 37.4 Å². The lowest BCUT2D eigenvalue weighted by Crippen LogP contribution is -2.05. The van der Waals surface area contributed by atoms with Crippen molar-refractivity contribution in [1.29, 1.82) is 0 Å². The molecule has 0 amide bonds. The minimum Gasteiger partial charge on any atom is -0.488 e. The standard InChI is InChI=1S/C17H16ClNOS/c1-19-10-12-5-4-6-13(9-12)20-11-16-17(18)14-7-2-3-8-15(14)21-16/h2-9,19H,10-11H2,1H3. The third-order valence-corrected chi connectivity index (χ3v) is 4.94. The van der Waals surface area contributed by atoms with Gasteiger partial charge < -0.3 is 10.1 Å². The van der Waals surface area contributed by atoms with Crippen LogP contribution in [0.2, 0.25) is 5.02 Å². The Bertz CT molecular complexity index is 753. The first kappa shape index (κ1) is 14.4. The van der Waals surface area contributed by atoms with Gasteiger partial charge in [0, 0.05) is 16.6 Å². The zero-order chi connectivity index (χ0) is 14.7. The first-order valence-electron chi connectivity index (χ1n) is 6.80. The second-order valence-electron chi connectivity index (χ2n) is 4.80. The predicted molar refractivity (Wildman–Crippen MR) is 90.4 cm³/mol. The largest absolute Gasteiger partial charge is 0.488 e. The second-order valence-corrected chi connectivity index (χ2v) is 6.32. The maximum atomic E-state index is 6.42. The molecule has 0 unspecified atom stereocenters. The van der Waals surface area contributed by atoms with Gasteiger partial charge in [-0.15, -0.1) is 11.3 Å². The molecule has 0 radical (unpaired) electrons. The number of benzene rings is 2. The van der Waals surface area contributed by atoms with Crippen molar-refractivity contribution in [3.8, 4) is 5.75 Å². The molecule has 0 aliphatic heterocycles. The van der Waals surface area contributed by atoms with Gasteiger partial charge in [0.05, 0.1) is 9.90 Å². The summed E-state index contributed by atoms with van der Waals surface area (Å²) in [5.74, 6) is 0.872. The Labute approximate surface area is 133 Å². The first-order chi connectivity index (χ1) is 10.3. The van der Waals surface area contributed by atoms with Crippen LogP contribution in [0.5, 0.6) is 5.75 Å². The maximum Gasteiger partial charge on any atom is 0.124 e. The van der Waals surface area contributed by atoms with E-state index in [0.29, 0.717) is 6.61 Å². The van der Waals surface area contributed by atoms with Crippen LogP contribution in [0.1, 0.15) is 10.4 Å². The summed E-state index contributed by atoms with van der Waals surface area (Å²) in [7, 11) is 1.94. The Morgan fingerprint density at radius 3 is 2.81 bits per heavy atom. The molecule has 21 heavy (non-hydrogen) atoms. The molecule has 4 heteroatoms. The van der Waals surface area contributed by atoms with Crippen LogP contribution in [-0.2, 0) is 13.2 Å². The van der Waals surface area contributed by atoms with Gasteiger partial charge >= 0.3 is 0 Å². The predicted octanol–water partition coefficient (Wildman–Crippen LogP) is 4.85. The molecule has 2 aromatic carbocycles. The molecule has 1 aromatic heterocycles. The molecule has 0 bridgehead atoms. The third kappa shape index (κ3) is 3.21. The number of fused-ring (bicyclic) bond motifs is 1. The summed E-state index contributed by atoms with van der Waals surface area (Å²) >= 11 is 8.11. The lowest BCUT2D eigenvalue weighted by Gasteiger charge is -2.07. The van der Waals surface area contributed by atoms with E-state index in [-0.39, 0.29) is 0 Å². The second kappa shape index (κ2) is 6.48. The van der Waals surface area contributed by atoms with Crippen LogP contribution < -0.4 is 10.1 Å². The van der Waals surface area contributed by atoms with Crippen LogP contribution in [0, 0.1) is 0 Å². The Balaban J connectivity index is 1.77. The average Bonchev–Trinajstić information content (AvgIpc) is 2.83. The van der Waals surface area contributed by atoms with Crippen molar-refractivity contribution in [1.82, 2.24) is 5.32 Å². The van der Waals surface area contributed by atoms with Gasteiger partial charge in [0.15, 0.2) is 0 Å². The SMILES string of the molecule is CNCc1cccc(OCc2sc3ccccc3c2Cl)c1. The highest BCUT2D eigenvalue weighted by Crippen LogP contribution is 2.35. The fraction of sp³-hybridized carbons (Fsp3) is 0.176. The van der Waals surface area contributed by atoms with Gasteiger partial charge in [-0.3, -0.25) is 0 Å². The number of rotatable bonds is 5. The smallest absolute Gasteiger partial charge is 0.124 e. The zero-order valence-electron chi connectivity index (χ0n) is 11.7. The summed E-state index contributed by atoms with van der Waals surface area (Å²) in [6.45, 7) is 1.34. The molecule has 0 aliphatic rings. The van der Waals surface area contributed by atoms with E-state index in [2.05, 4.69) is 23.5 Å². The molecule has 0 fully saturated rings. The maximum absolute atomic E-state index is 6.42. The van der Waals surface area contributed by atoms with Crippen LogP contribution in [0.4, 0.5) is 0 Å². The number of thiophene rings is 1. The summed E-state index contributed by atoms with van der Waals surface area (Å²) in [4.78, 5) is 1.07. The molecule has 0 aliphatic carbocycles. The molecular weight excluding hydrogens is 302 g/mol. The molecule has 0 saturated carbocycles. The Kier molecular flexibility index (Phi) is 4.44. The molecule has 2 nitrogen and oxygen atoms in total. The van der Waals surface area contributed by atoms with Gasteiger partial charge in [-0.1, -0.05) is 41.9 Å². The van der Waals surface area contributed by atoms with Gasteiger partial charge in [-0.05, 0) is 30.8 Å². The van der Waals surface area contributed by atoms with Gasteiger partial charge in [0.1, 0.15) is 12.4 Å².